The Morgan fingerprint density at radius 2 is 2.16 bits per heavy atom. The third-order valence-corrected chi connectivity index (χ3v) is 4.67. The molecule has 0 fully saturated rings. The predicted molar refractivity (Wildman–Crippen MR) is 99.0 cm³/mol. The summed E-state index contributed by atoms with van der Waals surface area (Å²) in [7, 11) is 0. The molecule has 0 bridgehead atoms. The summed E-state index contributed by atoms with van der Waals surface area (Å²) in [6.07, 6.45) is 4.74. The zero-order valence-electron chi connectivity index (χ0n) is 13.5. The van der Waals surface area contributed by atoms with Crippen molar-refractivity contribution in [1.82, 2.24) is 10.3 Å². The van der Waals surface area contributed by atoms with E-state index in [1.54, 1.807) is 17.5 Å². The lowest BCUT2D eigenvalue weighted by Gasteiger charge is -2.22. The van der Waals surface area contributed by atoms with Gasteiger partial charge in [0.25, 0.3) is 0 Å². The van der Waals surface area contributed by atoms with Crippen molar-refractivity contribution in [1.29, 1.82) is 0 Å². The van der Waals surface area contributed by atoms with Gasteiger partial charge in [0.2, 0.25) is 0 Å². The molecule has 2 amide bonds. The SMILES string of the molecule is C#C[C@](C)(c1ccc(Cl)cc1)c1csc(NC(=O)NC[C@@H](O)CO)n1. The Morgan fingerprint density at radius 3 is 2.76 bits per heavy atom. The van der Waals surface area contributed by atoms with Crippen LogP contribution in [0.3, 0.4) is 0 Å². The maximum atomic E-state index is 11.8. The van der Waals surface area contributed by atoms with Crippen LogP contribution in [0.2, 0.25) is 5.02 Å². The Labute approximate surface area is 154 Å². The smallest absolute Gasteiger partial charge is 0.321 e. The summed E-state index contributed by atoms with van der Waals surface area (Å²) < 4.78 is 0. The standard InChI is InChI=1S/C17H18ClN3O3S/c1-3-17(2,11-4-6-12(18)7-5-11)14-10-25-16(20-14)21-15(24)19-8-13(23)9-22/h1,4-7,10,13,22-23H,8-9H2,2H3,(H2,19,20,21,24)/t13-,17-/m1/s1. The number of nitrogens with one attached hydrogen (secondary N) is 2. The molecule has 0 unspecified atom stereocenters. The quantitative estimate of drug-likeness (QED) is 0.579. The van der Waals surface area contributed by atoms with Gasteiger partial charge in [-0.05, 0) is 24.6 Å². The highest BCUT2D eigenvalue weighted by molar-refractivity contribution is 7.14. The summed E-state index contributed by atoms with van der Waals surface area (Å²) in [6.45, 7) is 1.38. The Hall–Kier alpha value is -2.11. The van der Waals surface area contributed by atoms with Crippen molar-refractivity contribution >= 4 is 34.1 Å². The number of terminal acetylenes is 1. The van der Waals surface area contributed by atoms with Crippen LogP contribution in [-0.4, -0.2) is 40.5 Å². The Bertz CT molecular complexity index is 772. The average molecular weight is 380 g/mol. The molecule has 0 saturated heterocycles. The molecule has 0 aliphatic rings. The van der Waals surface area contributed by atoms with Crippen molar-refractivity contribution in [3.05, 3.63) is 45.9 Å². The Kier molecular flexibility index (Phi) is 6.39. The van der Waals surface area contributed by atoms with Gasteiger partial charge in [0.15, 0.2) is 5.13 Å². The van der Waals surface area contributed by atoms with Crippen molar-refractivity contribution < 1.29 is 15.0 Å². The van der Waals surface area contributed by atoms with Gasteiger partial charge in [0.05, 0.1) is 23.8 Å². The number of hydrogen-bond acceptors (Lipinski definition) is 5. The lowest BCUT2D eigenvalue weighted by Crippen LogP contribution is -2.36. The van der Waals surface area contributed by atoms with Crippen molar-refractivity contribution in [3.8, 4) is 12.3 Å². The van der Waals surface area contributed by atoms with Gasteiger partial charge in [-0.15, -0.1) is 17.8 Å². The number of aliphatic hydroxyl groups excluding tert-OH is 2. The molecule has 1 heterocycles. The van der Waals surface area contributed by atoms with E-state index in [0.29, 0.717) is 15.8 Å². The number of carbonyl (C=O) groups excluding carboxylic acids is 1. The molecule has 0 saturated carbocycles. The molecule has 2 atom stereocenters. The molecule has 1 aromatic heterocycles. The van der Waals surface area contributed by atoms with Crippen LogP contribution in [0.15, 0.2) is 29.6 Å². The van der Waals surface area contributed by atoms with E-state index in [9.17, 15) is 9.90 Å². The van der Waals surface area contributed by atoms with E-state index < -0.39 is 24.2 Å². The van der Waals surface area contributed by atoms with Gasteiger partial charge in [-0.25, -0.2) is 9.78 Å². The predicted octanol–water partition coefficient (Wildman–Crippen LogP) is 2.21. The minimum absolute atomic E-state index is 0.0621. The molecule has 8 heteroatoms. The summed E-state index contributed by atoms with van der Waals surface area (Å²) in [5.41, 5.74) is 0.740. The second kappa shape index (κ2) is 8.32. The van der Waals surface area contributed by atoms with Gasteiger partial charge in [0.1, 0.15) is 0 Å². The fraction of sp³-hybridized carbons (Fsp3) is 0.294. The van der Waals surface area contributed by atoms with Crippen LogP contribution in [-0.2, 0) is 5.41 Å². The summed E-state index contributed by atoms with van der Waals surface area (Å²) in [6, 6.07) is 6.69. The lowest BCUT2D eigenvalue weighted by molar-refractivity contribution is 0.0965. The molecule has 4 N–H and O–H groups in total. The summed E-state index contributed by atoms with van der Waals surface area (Å²) in [5, 5.41) is 25.7. The minimum Gasteiger partial charge on any atom is -0.394 e. The second-order valence-electron chi connectivity index (χ2n) is 5.49. The molecule has 0 aliphatic carbocycles. The summed E-state index contributed by atoms with van der Waals surface area (Å²) in [5.74, 6) is 2.76. The van der Waals surface area contributed by atoms with E-state index in [1.165, 1.54) is 11.3 Å². The highest BCUT2D eigenvalue weighted by atomic mass is 35.5. The topological polar surface area (TPSA) is 94.5 Å². The zero-order valence-corrected chi connectivity index (χ0v) is 15.1. The summed E-state index contributed by atoms with van der Waals surface area (Å²) >= 11 is 7.16. The second-order valence-corrected chi connectivity index (χ2v) is 6.78. The van der Waals surface area contributed by atoms with Crippen LogP contribution < -0.4 is 10.6 Å². The van der Waals surface area contributed by atoms with Crippen molar-refractivity contribution in [2.24, 2.45) is 0 Å². The number of aliphatic hydroxyl groups is 2. The summed E-state index contributed by atoms with van der Waals surface area (Å²) in [4.78, 5) is 16.2. The van der Waals surface area contributed by atoms with E-state index in [-0.39, 0.29) is 6.54 Å². The highest BCUT2D eigenvalue weighted by Gasteiger charge is 2.29. The normalized spacial score (nSPS) is 14.2. The first-order valence-corrected chi connectivity index (χ1v) is 8.68. The number of amides is 2. The number of rotatable bonds is 6. The number of nitrogens with zero attached hydrogens (tertiary/aromatic N) is 1. The first-order valence-electron chi connectivity index (χ1n) is 7.42. The maximum Gasteiger partial charge on any atom is 0.321 e. The van der Waals surface area contributed by atoms with Gasteiger partial charge in [0, 0.05) is 16.9 Å². The number of benzene rings is 1. The fourth-order valence-corrected chi connectivity index (χ4v) is 3.01. The molecule has 6 nitrogen and oxygen atoms in total. The third kappa shape index (κ3) is 4.71. The number of anilines is 1. The van der Waals surface area contributed by atoms with Gasteiger partial charge in [-0.2, -0.15) is 0 Å². The van der Waals surface area contributed by atoms with Gasteiger partial charge in [-0.1, -0.05) is 29.7 Å². The monoisotopic (exact) mass is 379 g/mol. The minimum atomic E-state index is -1.01. The molecule has 0 spiro atoms. The number of halogens is 1. The van der Waals surface area contributed by atoms with Gasteiger partial charge < -0.3 is 15.5 Å². The molecular formula is C17H18ClN3O3S. The number of carbonyl (C=O) groups is 1. The Balaban J connectivity index is 2.12. The number of aromatic nitrogens is 1. The van der Waals surface area contributed by atoms with Crippen molar-refractivity contribution in [2.75, 3.05) is 18.5 Å². The zero-order chi connectivity index (χ0) is 18.4. The number of urea groups is 1. The van der Waals surface area contributed by atoms with Crippen LogP contribution >= 0.6 is 22.9 Å². The molecule has 1 aromatic carbocycles. The fourth-order valence-electron chi connectivity index (χ4n) is 2.07. The number of hydrogen-bond donors (Lipinski definition) is 4. The first-order chi connectivity index (χ1) is 11.9. The Morgan fingerprint density at radius 1 is 1.48 bits per heavy atom. The molecule has 2 rings (SSSR count). The third-order valence-electron chi connectivity index (χ3n) is 3.66. The highest BCUT2D eigenvalue weighted by Crippen LogP contribution is 2.33. The molecular weight excluding hydrogens is 362 g/mol. The van der Waals surface area contributed by atoms with Crippen molar-refractivity contribution in [2.45, 2.75) is 18.4 Å². The van der Waals surface area contributed by atoms with E-state index in [2.05, 4.69) is 21.5 Å². The maximum absolute atomic E-state index is 11.8. The van der Waals surface area contributed by atoms with Gasteiger partial charge >= 0.3 is 6.03 Å². The van der Waals surface area contributed by atoms with Gasteiger partial charge in [-0.3, -0.25) is 5.32 Å². The number of thiazole rings is 1. The molecule has 2 aromatic rings. The van der Waals surface area contributed by atoms with E-state index in [0.717, 1.165) is 5.56 Å². The lowest BCUT2D eigenvalue weighted by atomic mass is 9.81. The van der Waals surface area contributed by atoms with Crippen LogP contribution in [0.25, 0.3) is 0 Å². The first kappa shape index (κ1) is 19.2. The van der Waals surface area contributed by atoms with Crippen LogP contribution in [0.1, 0.15) is 18.2 Å². The largest absolute Gasteiger partial charge is 0.394 e. The average Bonchev–Trinajstić information content (AvgIpc) is 3.08. The van der Waals surface area contributed by atoms with E-state index in [4.69, 9.17) is 23.1 Å². The van der Waals surface area contributed by atoms with E-state index in [1.807, 2.05) is 19.1 Å². The van der Waals surface area contributed by atoms with Crippen LogP contribution in [0.4, 0.5) is 9.93 Å². The van der Waals surface area contributed by atoms with Crippen LogP contribution in [0, 0.1) is 12.3 Å². The molecule has 132 valence electrons. The molecule has 0 aliphatic heterocycles. The van der Waals surface area contributed by atoms with Crippen LogP contribution in [0.5, 0.6) is 0 Å². The molecule has 25 heavy (non-hydrogen) atoms. The molecule has 0 radical (unpaired) electrons. The van der Waals surface area contributed by atoms with E-state index >= 15 is 0 Å². The van der Waals surface area contributed by atoms with Crippen molar-refractivity contribution in [3.63, 3.8) is 0 Å².